The number of carbonyl (C=O) groups is 1. The molecule has 0 aliphatic carbocycles. The van der Waals surface area contributed by atoms with Crippen molar-refractivity contribution in [3.8, 4) is 5.75 Å². The Morgan fingerprint density at radius 2 is 1.42 bits per heavy atom. The first-order valence-corrected chi connectivity index (χ1v) is 15.8. The molecule has 0 saturated carbocycles. The Morgan fingerprint density at radius 1 is 0.842 bits per heavy atom. The minimum absolute atomic E-state index is 0.0761. The first-order valence-electron chi connectivity index (χ1n) is 14.7. The van der Waals surface area contributed by atoms with Gasteiger partial charge in [-0.15, -0.1) is 0 Å². The average molecular weight is 556 g/mol. The fourth-order valence-electron chi connectivity index (χ4n) is 4.19. The highest BCUT2D eigenvalue weighted by Crippen LogP contribution is 2.33. The van der Waals surface area contributed by atoms with Crippen LogP contribution in [0, 0.1) is 0 Å². The maximum absolute atomic E-state index is 11.5. The minimum atomic E-state index is -2.00. The number of benzene rings is 1. The lowest BCUT2D eigenvalue weighted by molar-refractivity contribution is -0.147. The van der Waals surface area contributed by atoms with Crippen LogP contribution in [-0.2, 0) is 25.0 Å². The largest absolute Gasteiger partial charge is 0.494 e. The number of hydrogen-bond donors (Lipinski definition) is 1. The van der Waals surface area contributed by atoms with Crippen molar-refractivity contribution in [2.45, 2.75) is 110 Å². The van der Waals surface area contributed by atoms with Crippen LogP contribution in [0.1, 0.15) is 103 Å². The number of esters is 1. The predicted molar refractivity (Wildman–Crippen MR) is 156 cm³/mol. The summed E-state index contributed by atoms with van der Waals surface area (Å²) in [6.45, 7) is 5.74. The topological polar surface area (TPSA) is 77.5 Å². The van der Waals surface area contributed by atoms with Crippen LogP contribution in [0.3, 0.4) is 0 Å². The van der Waals surface area contributed by atoms with Crippen molar-refractivity contribution < 1.29 is 28.2 Å². The van der Waals surface area contributed by atoms with Crippen molar-refractivity contribution in [1.29, 1.82) is 0 Å². The molecule has 1 aromatic carbocycles. The molecule has 0 radical (unpaired) electrons. The molecule has 220 valence electrons. The van der Waals surface area contributed by atoms with Crippen molar-refractivity contribution in [2.24, 2.45) is 0 Å². The molecular formula is C30H54NO6P. The summed E-state index contributed by atoms with van der Waals surface area (Å²) in [6, 6.07) is 7.86. The molecule has 0 fully saturated rings. The van der Waals surface area contributed by atoms with Gasteiger partial charge >= 0.3 is 14.6 Å². The van der Waals surface area contributed by atoms with Gasteiger partial charge in [0.1, 0.15) is 11.9 Å². The summed E-state index contributed by atoms with van der Waals surface area (Å²) in [5.41, 5.74) is 1.01. The van der Waals surface area contributed by atoms with Crippen LogP contribution in [0.25, 0.3) is 0 Å². The number of unbranched alkanes of at least 4 members (excludes halogenated alkanes) is 11. The molecule has 0 aliphatic rings. The van der Waals surface area contributed by atoms with Crippen molar-refractivity contribution in [3.63, 3.8) is 0 Å². The number of rotatable bonds is 25. The summed E-state index contributed by atoms with van der Waals surface area (Å²) in [5, 5.41) is 0. The number of carbonyl (C=O) groups excluding carboxylic acids is 1. The van der Waals surface area contributed by atoms with Gasteiger partial charge < -0.3 is 28.3 Å². The Balaban J connectivity index is 2.19. The SMILES string of the molecule is CCCCCCCCCCCCCCOc1ccc(CC(COP(O)OCCCN(C)C)OC(C)=O)cc1. The van der Waals surface area contributed by atoms with Gasteiger partial charge in [-0.2, -0.15) is 0 Å². The van der Waals surface area contributed by atoms with E-state index in [2.05, 4.69) is 11.8 Å². The van der Waals surface area contributed by atoms with Crippen LogP contribution in [0.4, 0.5) is 0 Å². The van der Waals surface area contributed by atoms with E-state index in [4.69, 9.17) is 18.5 Å². The summed E-state index contributed by atoms with van der Waals surface area (Å²) >= 11 is 0. The van der Waals surface area contributed by atoms with Gasteiger partial charge in [0.15, 0.2) is 0 Å². The van der Waals surface area contributed by atoms with Gasteiger partial charge in [-0.05, 0) is 51.2 Å². The summed E-state index contributed by atoms with van der Waals surface area (Å²) in [5.74, 6) is 0.470. The van der Waals surface area contributed by atoms with Crippen LogP contribution >= 0.6 is 8.60 Å². The molecular weight excluding hydrogens is 501 g/mol. The lowest BCUT2D eigenvalue weighted by Crippen LogP contribution is -2.24. The molecule has 2 unspecified atom stereocenters. The molecule has 0 amide bonds. The lowest BCUT2D eigenvalue weighted by atomic mass is 10.1. The highest BCUT2D eigenvalue weighted by Gasteiger charge is 2.17. The molecule has 1 aromatic rings. The fraction of sp³-hybridized carbons (Fsp3) is 0.767. The number of hydrogen-bond acceptors (Lipinski definition) is 7. The average Bonchev–Trinajstić information content (AvgIpc) is 2.88. The number of ether oxygens (including phenoxy) is 2. The standard InChI is InChI=1S/C30H54NO6P/c1-5-6-7-8-9-10-11-12-13-14-15-16-23-34-29-20-18-28(19-21-29)25-30(37-27(2)32)26-36-38(33)35-24-17-22-31(3)4/h18-21,30,33H,5-17,22-26H2,1-4H3. The maximum Gasteiger partial charge on any atom is 0.329 e. The van der Waals surface area contributed by atoms with Crippen LogP contribution in [0.5, 0.6) is 5.75 Å². The summed E-state index contributed by atoms with van der Waals surface area (Å²) in [6.07, 6.45) is 16.8. The molecule has 0 aliphatic heterocycles. The Hall–Kier alpha value is -1.24. The highest BCUT2D eigenvalue weighted by atomic mass is 31.2. The smallest absolute Gasteiger partial charge is 0.329 e. The molecule has 1 N–H and O–H groups in total. The molecule has 1 rings (SSSR count). The van der Waals surface area contributed by atoms with Gasteiger partial charge in [0.05, 0.1) is 19.8 Å². The van der Waals surface area contributed by atoms with Crippen LogP contribution in [0.15, 0.2) is 24.3 Å². The van der Waals surface area contributed by atoms with Crippen molar-refractivity contribution in [3.05, 3.63) is 29.8 Å². The molecule has 0 spiro atoms. The Morgan fingerprint density at radius 3 is 1.97 bits per heavy atom. The molecule has 0 heterocycles. The van der Waals surface area contributed by atoms with E-state index >= 15 is 0 Å². The van der Waals surface area contributed by atoms with Crippen LogP contribution in [-0.4, -0.2) is 62.3 Å². The summed E-state index contributed by atoms with van der Waals surface area (Å²) in [7, 11) is 1.98. The normalized spacial score (nSPS) is 13.0. The highest BCUT2D eigenvalue weighted by molar-refractivity contribution is 7.40. The Kier molecular flexibility index (Phi) is 21.6. The van der Waals surface area contributed by atoms with Gasteiger partial charge in [-0.25, -0.2) is 0 Å². The monoisotopic (exact) mass is 555 g/mol. The first-order chi connectivity index (χ1) is 18.4. The van der Waals surface area contributed by atoms with Crippen molar-refractivity contribution in [1.82, 2.24) is 4.90 Å². The quantitative estimate of drug-likeness (QED) is 0.0763. The van der Waals surface area contributed by atoms with Crippen molar-refractivity contribution >= 4 is 14.6 Å². The Labute approximate surface area is 233 Å². The fourth-order valence-corrected chi connectivity index (χ4v) is 4.85. The van der Waals surface area contributed by atoms with Gasteiger partial charge in [-0.3, -0.25) is 4.79 Å². The van der Waals surface area contributed by atoms with Gasteiger partial charge in [0, 0.05) is 13.3 Å². The zero-order valence-electron chi connectivity index (χ0n) is 24.5. The van der Waals surface area contributed by atoms with E-state index in [1.165, 1.54) is 77.6 Å². The van der Waals surface area contributed by atoms with Crippen LogP contribution < -0.4 is 4.74 Å². The first kappa shape index (κ1) is 34.8. The molecule has 8 heteroatoms. The van der Waals surface area contributed by atoms with Gasteiger partial charge in [0.2, 0.25) is 0 Å². The van der Waals surface area contributed by atoms with E-state index in [0.29, 0.717) is 13.0 Å². The zero-order chi connectivity index (χ0) is 27.8. The van der Waals surface area contributed by atoms with E-state index in [1.54, 1.807) is 0 Å². The van der Waals surface area contributed by atoms with Crippen molar-refractivity contribution in [2.75, 3.05) is 40.5 Å². The molecule has 0 bridgehead atoms. The molecule has 7 nitrogen and oxygen atoms in total. The third-order valence-corrected chi connectivity index (χ3v) is 7.08. The zero-order valence-corrected chi connectivity index (χ0v) is 25.4. The Bertz CT molecular complexity index is 688. The van der Waals surface area contributed by atoms with Gasteiger partial charge in [0.25, 0.3) is 0 Å². The second-order valence-electron chi connectivity index (χ2n) is 10.3. The summed E-state index contributed by atoms with van der Waals surface area (Å²) in [4.78, 5) is 23.5. The maximum atomic E-state index is 11.5. The summed E-state index contributed by atoms with van der Waals surface area (Å²) < 4.78 is 22.0. The van der Waals surface area contributed by atoms with E-state index in [1.807, 2.05) is 38.4 Å². The van der Waals surface area contributed by atoms with E-state index in [0.717, 1.165) is 37.3 Å². The number of nitrogens with zero attached hydrogens (tertiary/aromatic N) is 1. The molecule has 0 saturated heterocycles. The molecule has 38 heavy (non-hydrogen) atoms. The van der Waals surface area contributed by atoms with E-state index < -0.39 is 14.7 Å². The van der Waals surface area contributed by atoms with E-state index in [9.17, 15) is 9.69 Å². The van der Waals surface area contributed by atoms with Gasteiger partial charge in [-0.1, -0.05) is 89.7 Å². The minimum Gasteiger partial charge on any atom is -0.494 e. The molecule has 0 aromatic heterocycles. The second-order valence-corrected chi connectivity index (χ2v) is 11.3. The van der Waals surface area contributed by atoms with Crippen LogP contribution in [0.2, 0.25) is 0 Å². The second kappa shape index (κ2) is 23.6. The molecule has 2 atom stereocenters. The predicted octanol–water partition coefficient (Wildman–Crippen LogP) is 7.44. The van der Waals surface area contributed by atoms with E-state index in [-0.39, 0.29) is 12.6 Å². The lowest BCUT2D eigenvalue weighted by Gasteiger charge is -2.19. The third kappa shape index (κ3) is 20.7. The third-order valence-electron chi connectivity index (χ3n) is 6.31.